The summed E-state index contributed by atoms with van der Waals surface area (Å²) in [5.41, 5.74) is 8.28. The maximum atomic E-state index is 14.5. The Balaban J connectivity index is 0.949. The van der Waals surface area contributed by atoms with Crippen molar-refractivity contribution in [3.05, 3.63) is 95.2 Å². The number of nitrogens with one attached hydrogen (secondary N) is 1. The van der Waals surface area contributed by atoms with Crippen LogP contribution in [-0.4, -0.2) is 74.0 Å². The van der Waals surface area contributed by atoms with Gasteiger partial charge >= 0.3 is 0 Å². The normalized spacial score (nSPS) is 29.0. The molecule has 2 spiro atoms. The highest BCUT2D eigenvalue weighted by molar-refractivity contribution is 5.89. The highest BCUT2D eigenvalue weighted by Crippen LogP contribution is 2.50. The van der Waals surface area contributed by atoms with Crippen LogP contribution in [0.2, 0.25) is 0 Å². The van der Waals surface area contributed by atoms with Crippen LogP contribution in [0.15, 0.2) is 72.9 Å². The van der Waals surface area contributed by atoms with E-state index < -0.39 is 29.6 Å². The number of rotatable bonds is 11. The number of benzene rings is 3. The van der Waals surface area contributed by atoms with Crippen molar-refractivity contribution >= 4 is 28.2 Å². The maximum absolute atomic E-state index is 14.5. The molecular weight excluding hydrogens is 815 g/mol. The summed E-state index contributed by atoms with van der Waals surface area (Å²) in [6.07, 6.45) is 12.4. The Morgan fingerprint density at radius 3 is 2.48 bits per heavy atom. The summed E-state index contributed by atoms with van der Waals surface area (Å²) >= 11 is 0. The number of methoxy groups -OCH3 is 1. The van der Waals surface area contributed by atoms with E-state index in [1.807, 2.05) is 30.3 Å². The number of piperidine rings is 1. The van der Waals surface area contributed by atoms with Gasteiger partial charge in [0.25, 0.3) is 0 Å². The Bertz CT molecular complexity index is 2440. The molecule has 0 bridgehead atoms. The van der Waals surface area contributed by atoms with Crippen molar-refractivity contribution < 1.29 is 34.8 Å². The number of aliphatic hydroxyl groups excluding tert-OH is 3. The molecular formula is C55H67N3O7. The molecule has 1 saturated heterocycles. The standard InChI is InChI=1S/C55H67N3O7/c1-65-50-29-38-13-16-51(63)54(22-17-34(25-52(54)64)9-14-42-27-41-12-15-43(59)31-46(41)58-55(42)20-5-2-6-21-55)23-18-39(45(38)33-49(50)62)28-47(60)48(61)32-44(40-19-24-57-53(56)30-40)37-11-10-35-7-3-4-8-36(35)26-37/h3-4,7-8,10-11,19,24,26,29-30,33-34,39,41-42,44,46-48,52,58,60-62,64H,2,5-6,9,12-17,20-22,25,27-28,31-32H2,1H3,(H2,56,57)/t34-,39+,41-,42+,44-,46+,47-,48+,52+,54-/m0/s1. The van der Waals surface area contributed by atoms with Crippen LogP contribution < -0.4 is 15.8 Å². The van der Waals surface area contributed by atoms with Crippen LogP contribution in [0.4, 0.5) is 5.82 Å². The van der Waals surface area contributed by atoms with Crippen LogP contribution >= 0.6 is 0 Å². The van der Waals surface area contributed by atoms with Crippen molar-refractivity contribution in [1.29, 1.82) is 0 Å². The minimum Gasteiger partial charge on any atom is -0.504 e. The molecule has 9 rings (SSSR count). The number of nitrogens with two attached hydrogens (primary N) is 1. The van der Waals surface area contributed by atoms with Gasteiger partial charge in [0.15, 0.2) is 17.3 Å². The predicted octanol–water partition coefficient (Wildman–Crippen LogP) is 8.45. The summed E-state index contributed by atoms with van der Waals surface area (Å²) in [4.78, 5) is 31.1. The van der Waals surface area contributed by atoms with Gasteiger partial charge in [-0.3, -0.25) is 9.59 Å². The number of nitrogen functional groups attached to an aromatic ring is 1. The third-order valence-electron chi connectivity index (χ3n) is 16.6. The predicted molar refractivity (Wildman–Crippen MR) is 252 cm³/mol. The number of hydrogen-bond donors (Lipinski definition) is 6. The molecule has 3 saturated carbocycles. The molecule has 7 N–H and O–H groups in total. The number of ether oxygens (including phenoxy) is 1. The molecule has 10 atom stereocenters. The lowest BCUT2D eigenvalue weighted by molar-refractivity contribution is -0.134. The molecule has 0 radical (unpaired) electrons. The highest BCUT2D eigenvalue weighted by atomic mass is 16.5. The Hall–Kier alpha value is -4.79. The molecule has 0 amide bonds. The number of hydrogen-bond acceptors (Lipinski definition) is 10. The molecule has 2 heterocycles. The molecule has 344 valence electrons. The molecule has 10 nitrogen and oxygen atoms in total. The third-order valence-corrected chi connectivity index (χ3v) is 16.6. The minimum atomic E-state index is -1.26. The Labute approximate surface area is 383 Å². The Morgan fingerprint density at radius 2 is 1.69 bits per heavy atom. The van der Waals surface area contributed by atoms with E-state index in [2.05, 4.69) is 46.4 Å². The summed E-state index contributed by atoms with van der Waals surface area (Å²) in [5.74, 6) is 8.01. The lowest BCUT2D eigenvalue weighted by atomic mass is 9.60. The fourth-order valence-corrected chi connectivity index (χ4v) is 12.8. The van der Waals surface area contributed by atoms with Crippen molar-refractivity contribution in [2.75, 3.05) is 12.8 Å². The Morgan fingerprint density at radius 1 is 0.892 bits per heavy atom. The molecule has 3 aromatic carbocycles. The van der Waals surface area contributed by atoms with E-state index in [1.165, 1.54) is 45.6 Å². The first-order valence-electron chi connectivity index (χ1n) is 24.4. The molecule has 1 aromatic heterocycles. The summed E-state index contributed by atoms with van der Waals surface area (Å²) in [6.45, 7) is 0. The van der Waals surface area contributed by atoms with E-state index in [0.29, 0.717) is 67.1 Å². The van der Waals surface area contributed by atoms with Crippen molar-refractivity contribution in [1.82, 2.24) is 10.3 Å². The number of aromatic hydroxyl groups is 1. The van der Waals surface area contributed by atoms with Gasteiger partial charge in [0.2, 0.25) is 0 Å². The van der Waals surface area contributed by atoms with Crippen molar-refractivity contribution in [3.8, 4) is 23.3 Å². The van der Waals surface area contributed by atoms with Gasteiger partial charge in [-0.25, -0.2) is 4.98 Å². The molecule has 4 fully saturated rings. The minimum absolute atomic E-state index is 0.0338. The molecule has 5 aliphatic rings. The van der Waals surface area contributed by atoms with E-state index >= 15 is 0 Å². The SMILES string of the molecule is COc1cc2c(cc1O)[C@@H](C[C@H](O)[C@H](O)C[C@H](c1ccnc(N)c1)c1ccc3ccccc3c1)C#C[C@@]1(CC[C@H](CC[C@@H]3C[C@@H]4CCC(=O)C[C@H]4NC34CCCCC4)C[C@H]1O)C(=O)CC2. The fourth-order valence-electron chi connectivity index (χ4n) is 12.8. The zero-order valence-electron chi connectivity index (χ0n) is 37.9. The van der Waals surface area contributed by atoms with Crippen LogP contribution in [0.25, 0.3) is 10.8 Å². The largest absolute Gasteiger partial charge is 0.504 e. The van der Waals surface area contributed by atoms with Crippen molar-refractivity contribution in [2.45, 2.75) is 157 Å². The van der Waals surface area contributed by atoms with Gasteiger partial charge in [0.1, 0.15) is 17.0 Å². The zero-order chi connectivity index (χ0) is 45.3. The van der Waals surface area contributed by atoms with Gasteiger partial charge in [-0.05, 0) is 146 Å². The summed E-state index contributed by atoms with van der Waals surface area (Å²) in [5, 5.41) is 53.4. The number of carbonyl (C=O) groups is 2. The number of carbonyl (C=O) groups excluding carboxylic acids is 2. The third kappa shape index (κ3) is 9.45. The number of pyridine rings is 1. The van der Waals surface area contributed by atoms with Crippen LogP contribution in [0.3, 0.4) is 0 Å². The second-order valence-electron chi connectivity index (χ2n) is 20.4. The van der Waals surface area contributed by atoms with Crippen LogP contribution in [0.1, 0.15) is 143 Å². The van der Waals surface area contributed by atoms with E-state index in [0.717, 1.165) is 53.1 Å². The quantitative estimate of drug-likeness (QED) is 0.0803. The molecule has 4 aromatic rings. The summed E-state index contributed by atoms with van der Waals surface area (Å²) in [6, 6.07) is 21.7. The molecule has 4 aliphatic carbocycles. The fraction of sp³-hybridized carbons (Fsp3) is 0.545. The molecule has 65 heavy (non-hydrogen) atoms. The topological polar surface area (TPSA) is 175 Å². The lowest BCUT2D eigenvalue weighted by Crippen LogP contribution is -2.63. The number of aryl methyl sites for hydroxylation is 1. The van der Waals surface area contributed by atoms with Gasteiger partial charge in [-0.1, -0.05) is 80.0 Å². The van der Waals surface area contributed by atoms with Gasteiger partial charge in [-0.2, -0.15) is 0 Å². The van der Waals surface area contributed by atoms with Crippen LogP contribution in [0.5, 0.6) is 11.5 Å². The second-order valence-corrected chi connectivity index (χ2v) is 20.4. The van der Waals surface area contributed by atoms with E-state index in [1.54, 1.807) is 18.3 Å². The number of phenols is 1. The number of ketones is 2. The number of anilines is 1. The average Bonchev–Trinajstić information content (AvgIpc) is 3.35. The van der Waals surface area contributed by atoms with Gasteiger partial charge in [0.05, 0.1) is 25.4 Å². The second kappa shape index (κ2) is 19.2. The monoisotopic (exact) mass is 881 g/mol. The number of nitrogens with zero attached hydrogens (tertiary/aromatic N) is 1. The van der Waals surface area contributed by atoms with Crippen LogP contribution in [0, 0.1) is 35.0 Å². The first-order chi connectivity index (χ1) is 31.4. The summed E-state index contributed by atoms with van der Waals surface area (Å²) < 4.78 is 5.50. The summed E-state index contributed by atoms with van der Waals surface area (Å²) in [7, 11) is 1.49. The zero-order valence-corrected chi connectivity index (χ0v) is 37.9. The van der Waals surface area contributed by atoms with Gasteiger partial charge < -0.3 is 36.2 Å². The number of aliphatic hydroxyl groups is 3. The number of fused-ring (bicyclic) bond motifs is 3. The molecule has 10 heteroatoms. The van der Waals surface area contributed by atoms with E-state index in [9.17, 15) is 30.0 Å². The number of aromatic nitrogens is 1. The first kappa shape index (κ1) is 45.4. The number of phenolic OH excluding ortho intramolecular Hbond substituents is 1. The highest BCUT2D eigenvalue weighted by Gasteiger charge is 2.50. The lowest BCUT2D eigenvalue weighted by Gasteiger charge is -2.54. The Kier molecular flexibility index (Phi) is 13.4. The van der Waals surface area contributed by atoms with Gasteiger partial charge in [-0.15, -0.1) is 0 Å². The van der Waals surface area contributed by atoms with Crippen molar-refractivity contribution in [2.24, 2.45) is 23.2 Å². The maximum Gasteiger partial charge on any atom is 0.160 e. The number of Topliss-reactive ketones (excluding diaryl/α,β-unsaturated/α-hetero) is 2. The molecule has 0 unspecified atom stereocenters. The van der Waals surface area contributed by atoms with Crippen LogP contribution in [-0.2, 0) is 16.0 Å². The van der Waals surface area contributed by atoms with Crippen molar-refractivity contribution in [3.63, 3.8) is 0 Å². The molecule has 1 aliphatic heterocycles. The average molecular weight is 882 g/mol. The smallest absolute Gasteiger partial charge is 0.160 e. The van der Waals surface area contributed by atoms with E-state index in [-0.39, 0.29) is 53.9 Å². The first-order valence-corrected chi connectivity index (χ1v) is 24.4. The van der Waals surface area contributed by atoms with E-state index in [4.69, 9.17) is 10.5 Å². The van der Waals surface area contributed by atoms with Gasteiger partial charge in [0, 0.05) is 48.9 Å².